The number of rotatable bonds is 3. The van der Waals surface area contributed by atoms with Gasteiger partial charge in [-0.3, -0.25) is 0 Å². The SMILES string of the molecule is CN(C)CCN1CCCCC[N]1. The molecule has 0 aromatic carbocycles. The van der Waals surface area contributed by atoms with E-state index >= 15 is 0 Å². The maximum atomic E-state index is 4.50. The van der Waals surface area contributed by atoms with Crippen molar-refractivity contribution >= 4 is 0 Å². The van der Waals surface area contributed by atoms with Gasteiger partial charge in [0.05, 0.1) is 0 Å². The number of hydrogen-bond acceptors (Lipinski definition) is 2. The molecule has 1 aliphatic heterocycles. The molecular formula is C9H20N3. The van der Waals surface area contributed by atoms with Gasteiger partial charge in [-0.15, -0.1) is 0 Å². The molecule has 1 heterocycles. The molecule has 0 saturated carbocycles. The zero-order valence-corrected chi connectivity index (χ0v) is 8.29. The van der Waals surface area contributed by atoms with Crippen LogP contribution in [0.1, 0.15) is 19.3 Å². The van der Waals surface area contributed by atoms with E-state index in [1.807, 2.05) is 0 Å². The van der Waals surface area contributed by atoms with E-state index in [1.165, 1.54) is 19.3 Å². The molecule has 1 radical (unpaired) electrons. The summed E-state index contributed by atoms with van der Waals surface area (Å²) in [5.74, 6) is 0. The molecule has 1 rings (SSSR count). The summed E-state index contributed by atoms with van der Waals surface area (Å²) in [6.45, 7) is 4.40. The van der Waals surface area contributed by atoms with Gasteiger partial charge in [0.1, 0.15) is 0 Å². The van der Waals surface area contributed by atoms with Crippen molar-refractivity contribution in [3.8, 4) is 0 Å². The molecule has 0 aromatic rings. The molecule has 0 aromatic heterocycles. The van der Waals surface area contributed by atoms with Gasteiger partial charge in [0.25, 0.3) is 0 Å². The normalized spacial score (nSPS) is 21.2. The fraction of sp³-hybridized carbons (Fsp3) is 1.00. The second-order valence-electron chi connectivity index (χ2n) is 3.68. The second kappa shape index (κ2) is 5.51. The minimum absolute atomic E-state index is 1.04. The van der Waals surface area contributed by atoms with E-state index in [9.17, 15) is 0 Å². The maximum Gasteiger partial charge on any atom is 0.0306 e. The zero-order chi connectivity index (χ0) is 8.81. The lowest BCUT2D eigenvalue weighted by Gasteiger charge is -2.20. The summed E-state index contributed by atoms with van der Waals surface area (Å²) in [6.07, 6.45) is 3.94. The van der Waals surface area contributed by atoms with Gasteiger partial charge in [0.2, 0.25) is 0 Å². The largest absolute Gasteiger partial charge is 0.308 e. The first-order valence-corrected chi connectivity index (χ1v) is 4.86. The summed E-state index contributed by atoms with van der Waals surface area (Å²) in [6, 6.07) is 0. The molecule has 0 amide bonds. The first-order chi connectivity index (χ1) is 5.79. The minimum Gasteiger partial charge on any atom is -0.308 e. The van der Waals surface area contributed by atoms with Crippen molar-refractivity contribution < 1.29 is 0 Å². The molecule has 0 unspecified atom stereocenters. The Balaban J connectivity index is 2.12. The highest BCUT2D eigenvalue weighted by Gasteiger charge is 2.08. The van der Waals surface area contributed by atoms with E-state index in [-0.39, 0.29) is 0 Å². The van der Waals surface area contributed by atoms with Gasteiger partial charge in [-0.1, -0.05) is 6.42 Å². The van der Waals surface area contributed by atoms with Crippen molar-refractivity contribution in [1.82, 2.24) is 15.3 Å². The van der Waals surface area contributed by atoms with Crippen LogP contribution in [0, 0.1) is 0 Å². The minimum atomic E-state index is 1.04. The predicted octanol–water partition coefficient (Wildman–Crippen LogP) is 0.553. The van der Waals surface area contributed by atoms with E-state index in [0.29, 0.717) is 0 Å². The molecule has 0 aliphatic carbocycles. The van der Waals surface area contributed by atoms with E-state index in [2.05, 4.69) is 29.4 Å². The highest BCUT2D eigenvalue weighted by Crippen LogP contribution is 2.02. The van der Waals surface area contributed by atoms with Crippen LogP contribution in [0.2, 0.25) is 0 Å². The van der Waals surface area contributed by atoms with Gasteiger partial charge in [-0.25, -0.2) is 5.01 Å². The summed E-state index contributed by atoms with van der Waals surface area (Å²) >= 11 is 0. The van der Waals surface area contributed by atoms with Crippen LogP contribution in [0.15, 0.2) is 0 Å². The fourth-order valence-corrected chi connectivity index (χ4v) is 1.36. The molecule has 0 spiro atoms. The van der Waals surface area contributed by atoms with Crippen LogP contribution < -0.4 is 5.43 Å². The second-order valence-corrected chi connectivity index (χ2v) is 3.68. The van der Waals surface area contributed by atoms with E-state index in [1.54, 1.807) is 0 Å². The smallest absolute Gasteiger partial charge is 0.0306 e. The van der Waals surface area contributed by atoms with Crippen LogP contribution in [0.4, 0.5) is 0 Å². The van der Waals surface area contributed by atoms with Crippen LogP contribution in [0.25, 0.3) is 0 Å². The Morgan fingerprint density at radius 2 is 2.08 bits per heavy atom. The summed E-state index contributed by atoms with van der Waals surface area (Å²) in [5.41, 5.74) is 4.50. The Kier molecular flexibility index (Phi) is 4.58. The fourth-order valence-electron chi connectivity index (χ4n) is 1.36. The van der Waals surface area contributed by atoms with Gasteiger partial charge in [-0.2, -0.15) is 5.43 Å². The maximum absolute atomic E-state index is 4.50. The predicted molar refractivity (Wildman–Crippen MR) is 51.0 cm³/mol. The summed E-state index contributed by atoms with van der Waals surface area (Å²) < 4.78 is 0. The van der Waals surface area contributed by atoms with Crippen LogP contribution >= 0.6 is 0 Å². The molecule has 1 aliphatic rings. The first kappa shape index (κ1) is 9.96. The quantitative estimate of drug-likeness (QED) is 0.617. The average Bonchev–Trinajstić information content (AvgIpc) is 2.28. The molecule has 12 heavy (non-hydrogen) atoms. The van der Waals surface area contributed by atoms with Crippen molar-refractivity contribution in [3.63, 3.8) is 0 Å². The molecule has 0 atom stereocenters. The van der Waals surface area contributed by atoms with E-state index < -0.39 is 0 Å². The van der Waals surface area contributed by atoms with Gasteiger partial charge < -0.3 is 4.90 Å². The Bertz CT molecular complexity index is 106. The average molecular weight is 170 g/mol. The molecule has 3 nitrogen and oxygen atoms in total. The van der Waals surface area contributed by atoms with Crippen molar-refractivity contribution in [3.05, 3.63) is 0 Å². The van der Waals surface area contributed by atoms with Crippen LogP contribution in [0.5, 0.6) is 0 Å². The molecule has 71 valence electrons. The monoisotopic (exact) mass is 170 g/mol. The van der Waals surface area contributed by atoms with E-state index in [4.69, 9.17) is 0 Å². The third-order valence-corrected chi connectivity index (χ3v) is 2.18. The Hall–Kier alpha value is -0.120. The van der Waals surface area contributed by atoms with E-state index in [0.717, 1.165) is 26.2 Å². The third kappa shape index (κ3) is 4.04. The molecule has 0 bridgehead atoms. The molecule has 0 N–H and O–H groups in total. The lowest BCUT2D eigenvalue weighted by atomic mass is 10.2. The molecule has 1 saturated heterocycles. The number of hydrogen-bond donors (Lipinski definition) is 0. The summed E-state index contributed by atoms with van der Waals surface area (Å²) in [7, 11) is 4.22. The Morgan fingerprint density at radius 3 is 2.83 bits per heavy atom. The van der Waals surface area contributed by atoms with Crippen molar-refractivity contribution in [2.45, 2.75) is 19.3 Å². The topological polar surface area (TPSA) is 20.6 Å². The molecular weight excluding hydrogens is 150 g/mol. The van der Waals surface area contributed by atoms with Crippen molar-refractivity contribution in [2.24, 2.45) is 0 Å². The first-order valence-electron chi connectivity index (χ1n) is 4.86. The van der Waals surface area contributed by atoms with Gasteiger partial charge in [-0.05, 0) is 26.9 Å². The lowest BCUT2D eigenvalue weighted by molar-refractivity contribution is 0.175. The summed E-state index contributed by atoms with van der Waals surface area (Å²) in [5, 5.41) is 2.23. The standard InChI is InChI=1S/C9H20N3/c1-11(2)8-9-12-7-5-3-4-6-10-12/h3-9H2,1-2H3. The summed E-state index contributed by atoms with van der Waals surface area (Å²) in [4.78, 5) is 2.21. The molecule has 1 fully saturated rings. The number of nitrogens with zero attached hydrogens (tertiary/aromatic N) is 3. The third-order valence-electron chi connectivity index (χ3n) is 2.18. The Morgan fingerprint density at radius 1 is 1.25 bits per heavy atom. The van der Waals surface area contributed by atoms with Gasteiger partial charge >= 0.3 is 0 Å². The highest BCUT2D eigenvalue weighted by atomic mass is 15.5. The lowest BCUT2D eigenvalue weighted by Crippen LogP contribution is -2.37. The van der Waals surface area contributed by atoms with Gasteiger partial charge in [0.15, 0.2) is 0 Å². The van der Waals surface area contributed by atoms with Crippen molar-refractivity contribution in [2.75, 3.05) is 40.3 Å². The molecule has 3 heteroatoms. The highest BCUT2D eigenvalue weighted by molar-refractivity contribution is 4.59. The zero-order valence-electron chi connectivity index (χ0n) is 8.29. The van der Waals surface area contributed by atoms with Crippen LogP contribution in [0.3, 0.4) is 0 Å². The van der Waals surface area contributed by atoms with Gasteiger partial charge in [0, 0.05) is 26.2 Å². The van der Waals surface area contributed by atoms with Crippen molar-refractivity contribution in [1.29, 1.82) is 0 Å². The van der Waals surface area contributed by atoms with Crippen LogP contribution in [-0.2, 0) is 0 Å². The van der Waals surface area contributed by atoms with Crippen LogP contribution in [-0.4, -0.2) is 50.2 Å². The Labute approximate surface area is 75.7 Å². The number of likely N-dealkylation sites (N-methyl/N-ethyl adjacent to an activating group) is 1.